The van der Waals surface area contributed by atoms with Crippen LogP contribution in [-0.4, -0.2) is 66.6 Å². The number of hydrogen-bond donors (Lipinski definition) is 0. The number of unbranched alkanes of at least 4 members (excludes halogenated alkanes) is 6. The summed E-state index contributed by atoms with van der Waals surface area (Å²) >= 11 is 1.87. The van der Waals surface area contributed by atoms with E-state index >= 15 is 35.9 Å². The number of carbonyl (C=O) groups is 4. The molecule has 16 heteroatoms. The minimum Gasteiger partial charge on any atom is -0.487 e. The lowest BCUT2D eigenvalue weighted by Gasteiger charge is -2.63. The van der Waals surface area contributed by atoms with Crippen LogP contribution >= 0.6 is 22.7 Å². The number of nitrogens with zero attached hydrogens (tertiary/aromatic N) is 2. The van der Waals surface area contributed by atoms with Crippen LogP contribution in [0.4, 0.5) is 32.0 Å². The summed E-state index contributed by atoms with van der Waals surface area (Å²) in [6.07, 6.45) is 15.9. The Bertz CT molecular complexity index is 4870. The van der Waals surface area contributed by atoms with Gasteiger partial charge in [-0.2, -0.15) is 26.3 Å². The first kappa shape index (κ1) is 64.3. The number of methoxy groups -OCH3 is 2. The van der Waals surface area contributed by atoms with Gasteiger partial charge < -0.3 is 9.47 Å². The number of hydrogen-bond acceptors (Lipinski definition) is 8. The fourth-order valence-electron chi connectivity index (χ4n) is 19.1. The van der Waals surface area contributed by atoms with Gasteiger partial charge in [0.1, 0.15) is 0 Å². The monoisotopic (exact) mass is 1360 g/mol. The summed E-state index contributed by atoms with van der Waals surface area (Å²) in [5.74, 6) is -16.9. The summed E-state index contributed by atoms with van der Waals surface area (Å²) in [5, 5.41) is 5.81. The van der Waals surface area contributed by atoms with E-state index in [-0.39, 0.29) is 49.9 Å². The molecule has 8 aromatic carbocycles. The highest BCUT2D eigenvalue weighted by Gasteiger charge is 2.81. The molecule has 4 bridgehead atoms. The first-order valence-corrected chi connectivity index (χ1v) is 36.2. The van der Waals surface area contributed by atoms with Gasteiger partial charge in [-0.05, 0) is 190 Å². The normalized spacial score (nSPS) is 22.1. The first-order valence-electron chi connectivity index (χ1n) is 34.6. The molecule has 7 aliphatic rings. The van der Waals surface area contributed by atoms with Gasteiger partial charge in [-0.1, -0.05) is 179 Å². The Balaban J connectivity index is 0.689. The Kier molecular flexibility index (Phi) is 15.4. The number of thiophene rings is 2. The highest BCUT2D eigenvalue weighted by molar-refractivity contribution is 7.18. The molecule has 4 heterocycles. The minimum absolute atomic E-state index is 0.105. The van der Waals surface area contributed by atoms with E-state index in [1.165, 1.54) is 33.0 Å². The molecule has 10 aromatic rings. The third-order valence-corrected chi connectivity index (χ3v) is 25.8. The number of imide groups is 2. The summed E-state index contributed by atoms with van der Waals surface area (Å²) in [4.78, 5) is 63.3. The van der Waals surface area contributed by atoms with E-state index in [1.54, 1.807) is 35.2 Å². The van der Waals surface area contributed by atoms with Crippen LogP contribution in [0.2, 0.25) is 0 Å². The number of allylic oxidation sites excluding steroid dienone is 2. The Labute approximate surface area is 573 Å². The van der Waals surface area contributed by atoms with Crippen molar-refractivity contribution in [3.8, 4) is 31.0 Å². The Morgan fingerprint density at radius 2 is 0.878 bits per heavy atom. The smallest absolute Gasteiger partial charge is 0.380 e. The van der Waals surface area contributed by atoms with Crippen molar-refractivity contribution in [2.24, 2.45) is 11.8 Å². The van der Waals surface area contributed by atoms with Crippen LogP contribution < -0.4 is 14.4 Å². The van der Waals surface area contributed by atoms with Crippen LogP contribution in [0.5, 0.6) is 10.1 Å². The Morgan fingerprint density at radius 1 is 0.480 bits per heavy atom. The second-order valence-corrected chi connectivity index (χ2v) is 30.7. The molecule has 5 aliphatic carbocycles. The summed E-state index contributed by atoms with van der Waals surface area (Å²) in [6, 6.07) is 39.6. The number of halogens is 6. The molecule has 17 rings (SSSR count). The zero-order chi connectivity index (χ0) is 68.3. The zero-order valence-electron chi connectivity index (χ0n) is 55.6. The quantitative estimate of drug-likeness (QED) is 0.0248. The highest BCUT2D eigenvalue weighted by atomic mass is 32.1. The molecule has 8 nitrogen and oxygen atoms in total. The average Bonchev–Trinajstić information content (AvgIpc) is 1.48. The van der Waals surface area contributed by atoms with Gasteiger partial charge in [0.25, 0.3) is 23.6 Å². The van der Waals surface area contributed by atoms with Crippen LogP contribution in [0.15, 0.2) is 127 Å². The van der Waals surface area contributed by atoms with Crippen molar-refractivity contribution in [1.29, 1.82) is 0 Å². The summed E-state index contributed by atoms with van der Waals surface area (Å²) < 4.78 is 110. The number of alkyl halides is 6. The molecule has 4 saturated carbocycles. The van der Waals surface area contributed by atoms with E-state index in [0.29, 0.717) is 71.4 Å². The maximum absolute atomic E-state index is 16.7. The lowest BCUT2D eigenvalue weighted by atomic mass is 9.42. The number of rotatable bonds is 20. The predicted octanol–water partition coefficient (Wildman–Crippen LogP) is 22.2. The van der Waals surface area contributed by atoms with Crippen molar-refractivity contribution in [2.75, 3.05) is 19.1 Å². The molecule has 4 amide bonds. The lowest BCUT2D eigenvalue weighted by Crippen LogP contribution is -2.55. The van der Waals surface area contributed by atoms with E-state index in [9.17, 15) is 9.59 Å². The summed E-state index contributed by atoms with van der Waals surface area (Å²) in [5.41, 5.74) is 1.57. The van der Waals surface area contributed by atoms with E-state index in [2.05, 4.69) is 38.1 Å². The second-order valence-electron chi connectivity index (χ2n) is 28.8. The molecule has 0 spiro atoms. The van der Waals surface area contributed by atoms with Crippen LogP contribution in [0.1, 0.15) is 191 Å². The number of benzene rings is 8. The van der Waals surface area contributed by atoms with Crippen molar-refractivity contribution >= 4 is 106 Å². The molecule has 502 valence electrons. The zero-order valence-corrected chi connectivity index (χ0v) is 57.2. The topological polar surface area (TPSA) is 93.2 Å². The summed E-state index contributed by atoms with van der Waals surface area (Å²) in [6.45, 7) is 7.31. The van der Waals surface area contributed by atoms with Crippen molar-refractivity contribution in [3.63, 3.8) is 0 Å². The van der Waals surface area contributed by atoms with Gasteiger partial charge in [0.2, 0.25) is 0 Å². The van der Waals surface area contributed by atoms with E-state index in [4.69, 9.17) is 9.47 Å². The fraction of sp³-hybridized carbons (Fsp3) is 0.366. The number of amides is 4. The fourth-order valence-corrected chi connectivity index (χ4v) is 21.4. The summed E-state index contributed by atoms with van der Waals surface area (Å²) in [7, 11) is 2.42. The van der Waals surface area contributed by atoms with Crippen LogP contribution in [0, 0.1) is 25.7 Å². The SMILES string of the molecule is CCCCCCC(CCCCCC)N1C(=O)c2ccc3c4ccc5c6c(ccc(c7ccc(c2c37)C1=O)c64)C(=O)N(c1ccc(C23C[C@@H]4C[C@@H](CC(c6ccc(-c7sc(OC)c(C8=C(c9c(OC)sc(-c%10ccccc%10)c9C)C(F)(F)C(F)(F)C8(F)F)c7C)cc6)(C4)C2)C3)cc1)C5=O. The van der Waals surface area contributed by atoms with Gasteiger partial charge in [-0.3, -0.25) is 24.1 Å². The van der Waals surface area contributed by atoms with Gasteiger partial charge in [0.05, 0.1) is 19.9 Å². The molecular formula is C82H74F6N2O6S2. The molecule has 98 heavy (non-hydrogen) atoms. The molecule has 0 radical (unpaired) electrons. The van der Waals surface area contributed by atoms with Crippen LogP contribution in [0.3, 0.4) is 0 Å². The molecule has 4 fully saturated rings. The predicted molar refractivity (Wildman–Crippen MR) is 379 cm³/mol. The maximum Gasteiger partial charge on any atom is 0.380 e. The largest absolute Gasteiger partial charge is 0.487 e. The van der Waals surface area contributed by atoms with Crippen molar-refractivity contribution in [1.82, 2.24) is 4.90 Å². The van der Waals surface area contributed by atoms with Gasteiger partial charge >= 0.3 is 17.8 Å². The van der Waals surface area contributed by atoms with Crippen molar-refractivity contribution in [3.05, 3.63) is 183 Å². The number of ether oxygens (including phenoxy) is 2. The van der Waals surface area contributed by atoms with E-state index in [1.807, 2.05) is 72.8 Å². The molecule has 2 aliphatic heterocycles. The van der Waals surface area contributed by atoms with Gasteiger partial charge in [0, 0.05) is 71.1 Å². The lowest BCUT2D eigenvalue weighted by molar-refractivity contribution is -0.254. The third kappa shape index (κ3) is 9.19. The third-order valence-electron chi connectivity index (χ3n) is 23.2. The molecule has 0 saturated heterocycles. The first-order chi connectivity index (χ1) is 47.1. The number of fused-ring (bicyclic) bond motifs is 2. The van der Waals surface area contributed by atoms with E-state index in [0.717, 1.165) is 169 Å². The molecule has 2 aromatic heterocycles. The van der Waals surface area contributed by atoms with Gasteiger partial charge in [-0.15, -0.1) is 0 Å². The molecule has 2 unspecified atom stereocenters. The van der Waals surface area contributed by atoms with Gasteiger partial charge in [-0.25, -0.2) is 4.90 Å². The average molecular weight is 1360 g/mol. The molecule has 4 atom stereocenters. The number of carbonyl (C=O) groups excluding carboxylic acids is 4. The molecular weight excluding hydrogens is 1290 g/mol. The Hall–Kier alpha value is -8.34. The minimum atomic E-state index is -5.80. The maximum atomic E-state index is 16.7. The Morgan fingerprint density at radius 3 is 1.29 bits per heavy atom. The van der Waals surface area contributed by atoms with Crippen molar-refractivity contribution < 1.29 is 55.0 Å². The standard InChI is InChI=1S/C82H74F6N2O6S2/c1-7-9-11-16-20-52(21-17-12-10-8-2)89-72(91)58-34-30-54-56-32-36-60-67-61(37-33-57(65(56)67)55-31-35-59(73(89)92)66(58)64(54)55)75(94)90(74(60)93)53-28-26-51(27-29-53)79-41-46-38-47(42-79)40-78(39-46,43-79)50-24-22-49(23-25-50)71-45(4)63(77(96-6)98-71)69-68(80(83,84)82(87,88)81(69,85)86)62-44(3)70(97-76(62)95-5)48-18-14-13-15-19-48/h13-15,18-19,22-37,46-47,52H,7-12,16-17,20-21,38-43H2,1-6H3/t46-,47+,78?,79?. The molecule has 0 N–H and O–H groups in total. The van der Waals surface area contributed by atoms with E-state index < -0.39 is 51.9 Å². The van der Waals surface area contributed by atoms with Gasteiger partial charge in [0.15, 0.2) is 10.1 Å². The highest BCUT2D eigenvalue weighted by Crippen LogP contribution is 2.70. The van der Waals surface area contributed by atoms with Crippen LogP contribution in [0.25, 0.3) is 75.1 Å². The second kappa shape index (κ2) is 23.4. The van der Waals surface area contributed by atoms with Crippen LogP contribution in [-0.2, 0) is 10.8 Å². The number of anilines is 1. The van der Waals surface area contributed by atoms with Crippen molar-refractivity contribution in [2.45, 2.75) is 165 Å².